The maximum atomic E-state index is 6.13. The van der Waals surface area contributed by atoms with Crippen LogP contribution in [0.25, 0.3) is 11.3 Å². The molecule has 0 unspecified atom stereocenters. The van der Waals surface area contributed by atoms with Gasteiger partial charge in [0.05, 0.1) is 6.54 Å². The Kier molecular flexibility index (Phi) is 6.55. The third-order valence-corrected chi connectivity index (χ3v) is 3.98. The lowest BCUT2D eigenvalue weighted by atomic mass is 10.2. The zero-order chi connectivity index (χ0) is 15.4. The highest BCUT2D eigenvalue weighted by Crippen LogP contribution is 2.24. The summed E-state index contributed by atoms with van der Waals surface area (Å²) in [5, 5.41) is 4.83. The van der Waals surface area contributed by atoms with E-state index in [9.17, 15) is 0 Å². The van der Waals surface area contributed by atoms with Crippen LogP contribution in [0.1, 0.15) is 11.3 Å². The Morgan fingerprint density at radius 3 is 2.30 bits per heavy atom. The second kappa shape index (κ2) is 8.42. The Labute approximate surface area is 151 Å². The van der Waals surface area contributed by atoms with Gasteiger partial charge in [0.15, 0.2) is 0 Å². The number of rotatable bonds is 5. The van der Waals surface area contributed by atoms with E-state index in [2.05, 4.69) is 5.32 Å². The van der Waals surface area contributed by atoms with Gasteiger partial charge in [0.1, 0.15) is 11.5 Å². The van der Waals surface area contributed by atoms with Crippen LogP contribution in [-0.2, 0) is 13.1 Å². The lowest BCUT2D eigenvalue weighted by Crippen LogP contribution is -2.12. The van der Waals surface area contributed by atoms with Crippen molar-refractivity contribution in [1.82, 2.24) is 5.32 Å². The molecule has 120 valence electrons. The maximum absolute atomic E-state index is 6.13. The molecule has 0 aliphatic carbocycles. The van der Waals surface area contributed by atoms with E-state index in [1.807, 2.05) is 60.7 Å². The molecule has 2 aromatic carbocycles. The summed E-state index contributed by atoms with van der Waals surface area (Å²) < 4.78 is 5.84. The van der Waals surface area contributed by atoms with Gasteiger partial charge in [-0.1, -0.05) is 41.4 Å². The molecule has 2 nitrogen and oxygen atoms in total. The van der Waals surface area contributed by atoms with E-state index in [0.717, 1.165) is 32.7 Å². The van der Waals surface area contributed by atoms with Crippen LogP contribution in [0, 0.1) is 0 Å². The molecule has 23 heavy (non-hydrogen) atoms. The summed E-state index contributed by atoms with van der Waals surface area (Å²) in [5.74, 6) is 1.73. The highest BCUT2D eigenvalue weighted by Gasteiger charge is 2.05. The number of halogens is 3. The first-order valence-electron chi connectivity index (χ1n) is 7.01. The molecule has 0 bridgehead atoms. The summed E-state index contributed by atoms with van der Waals surface area (Å²) >= 11 is 12.0. The fraction of sp³-hybridized carbons (Fsp3) is 0.111. The van der Waals surface area contributed by atoms with Crippen molar-refractivity contribution in [2.75, 3.05) is 0 Å². The first kappa shape index (κ1) is 17.9. The Bertz CT molecular complexity index is 753. The van der Waals surface area contributed by atoms with Crippen LogP contribution in [0.15, 0.2) is 65.1 Å². The summed E-state index contributed by atoms with van der Waals surface area (Å²) in [6, 6.07) is 19.4. The predicted octanol–water partition coefficient (Wildman–Crippen LogP) is 5.97. The highest BCUT2D eigenvalue weighted by atomic mass is 35.5. The standard InChI is InChI=1S/C18H15Cl2NO.ClH/c19-15-7-5-13(6-8-15)18-10-9-16(22-18)12-21-11-14-3-1-2-4-17(14)20;/h1-10,21H,11-12H2;1H. The molecule has 0 spiro atoms. The topological polar surface area (TPSA) is 25.2 Å². The van der Waals surface area contributed by atoms with E-state index >= 15 is 0 Å². The predicted molar refractivity (Wildman–Crippen MR) is 98.4 cm³/mol. The number of hydrogen-bond donors (Lipinski definition) is 1. The minimum atomic E-state index is 0. The molecule has 0 aliphatic rings. The third-order valence-electron chi connectivity index (χ3n) is 3.36. The van der Waals surface area contributed by atoms with Crippen LogP contribution < -0.4 is 5.32 Å². The number of hydrogen-bond acceptors (Lipinski definition) is 2. The Hall–Kier alpha value is -1.45. The van der Waals surface area contributed by atoms with E-state index in [0.29, 0.717) is 13.1 Å². The first-order valence-corrected chi connectivity index (χ1v) is 7.77. The van der Waals surface area contributed by atoms with Crippen LogP contribution in [0.5, 0.6) is 0 Å². The minimum Gasteiger partial charge on any atom is -0.460 e. The fourth-order valence-corrected chi connectivity index (χ4v) is 2.53. The van der Waals surface area contributed by atoms with Gasteiger partial charge in [-0.25, -0.2) is 0 Å². The maximum Gasteiger partial charge on any atom is 0.134 e. The fourth-order valence-electron chi connectivity index (χ4n) is 2.20. The molecule has 0 atom stereocenters. The average molecular weight is 369 g/mol. The Morgan fingerprint density at radius 1 is 0.826 bits per heavy atom. The van der Waals surface area contributed by atoms with Crippen LogP contribution >= 0.6 is 35.6 Å². The number of benzene rings is 2. The Morgan fingerprint density at radius 2 is 1.57 bits per heavy atom. The molecule has 1 aromatic heterocycles. The zero-order valence-electron chi connectivity index (χ0n) is 12.3. The zero-order valence-corrected chi connectivity index (χ0v) is 14.6. The second-order valence-electron chi connectivity index (χ2n) is 4.97. The highest BCUT2D eigenvalue weighted by molar-refractivity contribution is 6.31. The van der Waals surface area contributed by atoms with Gasteiger partial charge in [-0.2, -0.15) is 0 Å². The van der Waals surface area contributed by atoms with Crippen molar-refractivity contribution in [2.24, 2.45) is 0 Å². The van der Waals surface area contributed by atoms with Gasteiger partial charge < -0.3 is 9.73 Å². The average Bonchev–Trinajstić information content (AvgIpc) is 2.99. The summed E-state index contributed by atoms with van der Waals surface area (Å²) in [5.41, 5.74) is 2.09. The van der Waals surface area contributed by atoms with Gasteiger partial charge in [-0.05, 0) is 48.0 Å². The van der Waals surface area contributed by atoms with Gasteiger partial charge in [-0.15, -0.1) is 12.4 Å². The molecular weight excluding hydrogens is 353 g/mol. The molecule has 0 fully saturated rings. The molecule has 0 saturated carbocycles. The van der Waals surface area contributed by atoms with Gasteiger partial charge in [0.2, 0.25) is 0 Å². The number of nitrogens with one attached hydrogen (secondary N) is 1. The molecule has 0 amide bonds. The Balaban J connectivity index is 0.00000192. The van der Waals surface area contributed by atoms with Gasteiger partial charge in [0, 0.05) is 22.2 Å². The molecule has 0 saturated heterocycles. The van der Waals surface area contributed by atoms with Crippen molar-refractivity contribution in [3.8, 4) is 11.3 Å². The van der Waals surface area contributed by atoms with E-state index in [4.69, 9.17) is 27.6 Å². The monoisotopic (exact) mass is 367 g/mol. The van der Waals surface area contributed by atoms with Crippen LogP contribution in [0.3, 0.4) is 0 Å². The normalized spacial score (nSPS) is 10.3. The van der Waals surface area contributed by atoms with Gasteiger partial charge in [0.25, 0.3) is 0 Å². The van der Waals surface area contributed by atoms with Crippen LogP contribution in [0.2, 0.25) is 10.0 Å². The molecule has 1 heterocycles. The third kappa shape index (κ3) is 4.76. The van der Waals surface area contributed by atoms with Crippen molar-refractivity contribution < 1.29 is 4.42 Å². The molecule has 3 aromatic rings. The largest absolute Gasteiger partial charge is 0.460 e. The van der Waals surface area contributed by atoms with E-state index in [-0.39, 0.29) is 12.4 Å². The molecule has 1 N–H and O–H groups in total. The van der Waals surface area contributed by atoms with Crippen LogP contribution in [0.4, 0.5) is 0 Å². The molecule has 3 rings (SSSR count). The van der Waals surface area contributed by atoms with Gasteiger partial charge >= 0.3 is 0 Å². The van der Waals surface area contributed by atoms with E-state index in [1.54, 1.807) is 0 Å². The van der Waals surface area contributed by atoms with Crippen molar-refractivity contribution in [3.63, 3.8) is 0 Å². The number of furan rings is 1. The smallest absolute Gasteiger partial charge is 0.134 e. The molecular formula is C18H16Cl3NO. The van der Waals surface area contributed by atoms with Crippen molar-refractivity contribution in [1.29, 1.82) is 0 Å². The lowest BCUT2D eigenvalue weighted by Gasteiger charge is -2.05. The second-order valence-corrected chi connectivity index (χ2v) is 5.81. The van der Waals surface area contributed by atoms with Crippen molar-refractivity contribution >= 4 is 35.6 Å². The quantitative estimate of drug-likeness (QED) is 0.600. The summed E-state index contributed by atoms with van der Waals surface area (Å²) in [6.07, 6.45) is 0. The lowest BCUT2D eigenvalue weighted by molar-refractivity contribution is 0.493. The summed E-state index contributed by atoms with van der Waals surface area (Å²) in [6.45, 7) is 1.36. The van der Waals surface area contributed by atoms with E-state index in [1.165, 1.54) is 0 Å². The SMILES string of the molecule is Cl.Clc1ccc(-c2ccc(CNCc3ccccc3Cl)o2)cc1. The summed E-state index contributed by atoms with van der Waals surface area (Å²) in [4.78, 5) is 0. The first-order chi connectivity index (χ1) is 10.7. The van der Waals surface area contributed by atoms with Crippen molar-refractivity contribution in [2.45, 2.75) is 13.1 Å². The van der Waals surface area contributed by atoms with E-state index < -0.39 is 0 Å². The van der Waals surface area contributed by atoms with Crippen molar-refractivity contribution in [3.05, 3.63) is 82.0 Å². The summed E-state index contributed by atoms with van der Waals surface area (Å²) in [7, 11) is 0. The molecule has 0 aliphatic heterocycles. The van der Waals surface area contributed by atoms with Crippen LogP contribution in [-0.4, -0.2) is 0 Å². The molecule has 5 heteroatoms. The minimum absolute atomic E-state index is 0. The van der Waals surface area contributed by atoms with Gasteiger partial charge in [-0.3, -0.25) is 0 Å². The molecule has 0 radical (unpaired) electrons.